The Bertz CT molecular complexity index is 1290. The van der Waals surface area contributed by atoms with Crippen LogP contribution in [0.5, 0.6) is 5.75 Å². The van der Waals surface area contributed by atoms with Crippen molar-refractivity contribution < 1.29 is 4.74 Å². The summed E-state index contributed by atoms with van der Waals surface area (Å²) in [4.78, 5) is 15.5. The Kier molecular flexibility index (Phi) is 4.64. The number of aromatic nitrogens is 1. The lowest BCUT2D eigenvalue weighted by Gasteiger charge is -2.13. The highest BCUT2D eigenvalue weighted by Gasteiger charge is 2.13. The fourth-order valence-corrected chi connectivity index (χ4v) is 3.98. The van der Waals surface area contributed by atoms with Gasteiger partial charge >= 0.3 is 0 Å². The molecule has 150 valence electrons. The fraction of sp³-hybridized carbons (Fsp3) is 0.160. The molecule has 1 aliphatic rings. The molecule has 0 aliphatic carbocycles. The van der Waals surface area contributed by atoms with Gasteiger partial charge in [-0.2, -0.15) is 0 Å². The molecule has 1 aromatic heterocycles. The Balaban J connectivity index is 1.38. The van der Waals surface area contributed by atoms with E-state index in [2.05, 4.69) is 58.1 Å². The van der Waals surface area contributed by atoms with E-state index in [1.807, 2.05) is 24.3 Å². The topological polar surface area (TPSA) is 66.2 Å². The van der Waals surface area contributed by atoms with Crippen LogP contribution in [-0.2, 0) is 19.4 Å². The second-order valence-corrected chi connectivity index (χ2v) is 7.58. The number of methoxy groups -OCH3 is 1. The second kappa shape index (κ2) is 7.59. The van der Waals surface area contributed by atoms with Crippen molar-refractivity contribution in [2.24, 2.45) is 0 Å². The molecule has 0 bridgehead atoms. The summed E-state index contributed by atoms with van der Waals surface area (Å²) in [5.74, 6) is 0.725. The number of aromatic amines is 1. The molecule has 5 rings (SSSR count). The number of aryl methyl sites for hydroxylation is 2. The third-order valence-electron chi connectivity index (χ3n) is 5.67. The molecule has 4 aromatic rings. The molecule has 1 aliphatic heterocycles. The monoisotopic (exact) mass is 397 g/mol. The van der Waals surface area contributed by atoms with Gasteiger partial charge in [0.15, 0.2) is 0 Å². The van der Waals surface area contributed by atoms with E-state index in [4.69, 9.17) is 4.74 Å². The van der Waals surface area contributed by atoms with Crippen LogP contribution in [0, 0.1) is 0 Å². The first-order valence-electron chi connectivity index (χ1n) is 10.1. The molecule has 3 N–H and O–H groups in total. The minimum absolute atomic E-state index is 0.0925. The largest absolute Gasteiger partial charge is 0.497 e. The van der Waals surface area contributed by atoms with Crippen molar-refractivity contribution in [3.05, 3.63) is 93.8 Å². The van der Waals surface area contributed by atoms with E-state index in [0.29, 0.717) is 12.1 Å². The Morgan fingerprint density at radius 3 is 2.63 bits per heavy atom. The van der Waals surface area contributed by atoms with Gasteiger partial charge in [0.1, 0.15) is 5.75 Å². The first-order valence-corrected chi connectivity index (χ1v) is 10.1. The molecule has 0 amide bonds. The summed E-state index contributed by atoms with van der Waals surface area (Å²) < 4.78 is 5.23. The quantitative estimate of drug-likeness (QED) is 0.454. The standard InChI is InChI=1S/C25H23N3O2/c1-30-21-11-9-18-12-19(25(29)28-24(18)14-21)15-26-20-10-8-17-7-6-16-4-2-3-5-22(16)27-23(17)13-20/h2-5,8-14,26-27H,6-7,15H2,1H3,(H,28,29). The minimum Gasteiger partial charge on any atom is -0.497 e. The molecule has 2 heterocycles. The number of anilines is 3. The molecular weight excluding hydrogens is 374 g/mol. The summed E-state index contributed by atoms with van der Waals surface area (Å²) in [7, 11) is 1.62. The first kappa shape index (κ1) is 18.3. The molecule has 0 fully saturated rings. The Labute approximate surface area is 174 Å². The van der Waals surface area contributed by atoms with Crippen LogP contribution in [0.4, 0.5) is 17.1 Å². The van der Waals surface area contributed by atoms with Crippen LogP contribution in [-0.4, -0.2) is 12.1 Å². The number of rotatable bonds is 4. The molecule has 0 atom stereocenters. The van der Waals surface area contributed by atoms with E-state index in [1.165, 1.54) is 11.1 Å². The Morgan fingerprint density at radius 1 is 0.933 bits per heavy atom. The van der Waals surface area contributed by atoms with Crippen molar-refractivity contribution in [3.63, 3.8) is 0 Å². The SMILES string of the molecule is COc1ccc2cc(CNc3ccc4c(c3)Nc3ccccc3CC4)c(=O)[nH]c2c1. The lowest BCUT2D eigenvalue weighted by atomic mass is 10.0. The third kappa shape index (κ3) is 3.50. The van der Waals surface area contributed by atoms with Crippen LogP contribution in [0.3, 0.4) is 0 Å². The molecule has 0 saturated carbocycles. The van der Waals surface area contributed by atoms with Gasteiger partial charge in [-0.05, 0) is 65.8 Å². The fourth-order valence-electron chi connectivity index (χ4n) is 3.98. The number of hydrogen-bond acceptors (Lipinski definition) is 4. The smallest absolute Gasteiger partial charge is 0.253 e. The van der Waals surface area contributed by atoms with E-state index in [9.17, 15) is 4.79 Å². The molecule has 5 heteroatoms. The summed E-state index contributed by atoms with van der Waals surface area (Å²) in [5, 5.41) is 7.95. The number of hydrogen-bond donors (Lipinski definition) is 3. The van der Waals surface area contributed by atoms with Gasteiger partial charge in [0.2, 0.25) is 0 Å². The van der Waals surface area contributed by atoms with Crippen LogP contribution in [0.15, 0.2) is 71.5 Å². The summed E-state index contributed by atoms with van der Waals surface area (Å²) in [6.07, 6.45) is 2.04. The molecule has 0 radical (unpaired) electrons. The Hall–Kier alpha value is -3.73. The van der Waals surface area contributed by atoms with E-state index >= 15 is 0 Å². The van der Waals surface area contributed by atoms with Gasteiger partial charge in [0.05, 0.1) is 12.6 Å². The maximum absolute atomic E-state index is 12.5. The minimum atomic E-state index is -0.0925. The number of para-hydroxylation sites is 1. The van der Waals surface area contributed by atoms with E-state index in [1.54, 1.807) is 7.11 Å². The second-order valence-electron chi connectivity index (χ2n) is 7.58. The zero-order valence-electron chi connectivity index (χ0n) is 16.8. The summed E-state index contributed by atoms with van der Waals surface area (Å²) in [6, 6.07) is 22.4. The average molecular weight is 397 g/mol. The van der Waals surface area contributed by atoms with Crippen LogP contribution < -0.4 is 20.9 Å². The van der Waals surface area contributed by atoms with Crippen LogP contribution in [0.25, 0.3) is 10.9 Å². The van der Waals surface area contributed by atoms with Gasteiger partial charge < -0.3 is 20.4 Å². The van der Waals surface area contributed by atoms with Gasteiger partial charge in [-0.15, -0.1) is 0 Å². The van der Waals surface area contributed by atoms with Gasteiger partial charge in [0, 0.05) is 35.2 Å². The molecule has 5 nitrogen and oxygen atoms in total. The Morgan fingerprint density at radius 2 is 1.77 bits per heavy atom. The van der Waals surface area contributed by atoms with Crippen LogP contribution >= 0.6 is 0 Å². The van der Waals surface area contributed by atoms with Crippen molar-refractivity contribution in [2.75, 3.05) is 17.7 Å². The lowest BCUT2D eigenvalue weighted by molar-refractivity contribution is 0.415. The van der Waals surface area contributed by atoms with Crippen LogP contribution in [0.2, 0.25) is 0 Å². The molecular formula is C25H23N3O2. The molecule has 3 aromatic carbocycles. The predicted octanol–water partition coefficient (Wildman–Crippen LogP) is 4.99. The average Bonchev–Trinajstić information content (AvgIpc) is 2.96. The van der Waals surface area contributed by atoms with Crippen molar-refractivity contribution in [3.8, 4) is 5.75 Å². The predicted molar refractivity (Wildman–Crippen MR) is 122 cm³/mol. The maximum Gasteiger partial charge on any atom is 0.253 e. The lowest BCUT2D eigenvalue weighted by Crippen LogP contribution is -2.15. The van der Waals surface area contributed by atoms with Crippen molar-refractivity contribution in [1.82, 2.24) is 4.98 Å². The number of pyridine rings is 1. The maximum atomic E-state index is 12.5. The molecule has 0 unspecified atom stereocenters. The zero-order valence-corrected chi connectivity index (χ0v) is 16.8. The summed E-state index contributed by atoms with van der Waals surface area (Å²) >= 11 is 0. The first-order chi connectivity index (χ1) is 14.7. The van der Waals surface area contributed by atoms with Gasteiger partial charge in [0.25, 0.3) is 5.56 Å². The number of benzene rings is 3. The third-order valence-corrected chi connectivity index (χ3v) is 5.67. The molecule has 0 saturated heterocycles. The van der Waals surface area contributed by atoms with Gasteiger partial charge in [-0.25, -0.2) is 0 Å². The van der Waals surface area contributed by atoms with Gasteiger partial charge in [-0.3, -0.25) is 4.79 Å². The van der Waals surface area contributed by atoms with E-state index in [0.717, 1.165) is 46.6 Å². The van der Waals surface area contributed by atoms with Crippen molar-refractivity contribution in [1.29, 1.82) is 0 Å². The highest BCUT2D eigenvalue weighted by molar-refractivity contribution is 5.80. The zero-order chi connectivity index (χ0) is 20.5. The molecule has 30 heavy (non-hydrogen) atoms. The summed E-state index contributed by atoms with van der Waals surface area (Å²) in [6.45, 7) is 0.451. The summed E-state index contributed by atoms with van der Waals surface area (Å²) in [5.41, 5.74) is 7.27. The number of nitrogens with one attached hydrogen (secondary N) is 3. The number of ether oxygens (including phenoxy) is 1. The number of fused-ring (bicyclic) bond motifs is 3. The van der Waals surface area contributed by atoms with Crippen molar-refractivity contribution in [2.45, 2.75) is 19.4 Å². The van der Waals surface area contributed by atoms with Gasteiger partial charge in [-0.1, -0.05) is 24.3 Å². The number of H-pyrrole nitrogens is 1. The van der Waals surface area contributed by atoms with E-state index in [-0.39, 0.29) is 5.56 Å². The highest BCUT2D eigenvalue weighted by atomic mass is 16.5. The highest BCUT2D eigenvalue weighted by Crippen LogP contribution is 2.31. The molecule has 0 spiro atoms. The van der Waals surface area contributed by atoms with Crippen LogP contribution in [0.1, 0.15) is 16.7 Å². The van der Waals surface area contributed by atoms with Crippen molar-refractivity contribution >= 4 is 28.0 Å². The van der Waals surface area contributed by atoms with E-state index < -0.39 is 0 Å². The normalized spacial score (nSPS) is 12.4.